The van der Waals surface area contributed by atoms with Gasteiger partial charge in [0.2, 0.25) is 12.1 Å². The number of halogens is 8. The first-order chi connectivity index (χ1) is 28.7. The zero-order chi connectivity index (χ0) is 44.7. The molecule has 16 nitrogen and oxygen atoms in total. The number of likely N-dealkylation sites (N-methyl/N-ethyl adjacent to an activating group) is 1. The van der Waals surface area contributed by atoms with E-state index in [0.717, 1.165) is 37.7 Å². The summed E-state index contributed by atoms with van der Waals surface area (Å²) in [7, 11) is 1.98. The number of ether oxygens (including phenoxy) is 2. The zero-order valence-corrected chi connectivity index (χ0v) is 35.0. The number of fused-ring (bicyclic) bond motifs is 1. The molecule has 0 radical (unpaired) electrons. The van der Waals surface area contributed by atoms with Gasteiger partial charge in [0.15, 0.2) is 11.9 Å². The maximum absolute atomic E-state index is 16.5. The molecule has 338 valence electrons. The summed E-state index contributed by atoms with van der Waals surface area (Å²) in [5.74, 6) is -5.08. The number of carbonyl (C=O) groups is 1. The summed E-state index contributed by atoms with van der Waals surface area (Å²) < 4.78 is 97.7. The quantitative estimate of drug-likeness (QED) is 0.144. The maximum Gasteiger partial charge on any atom is 0.418 e. The van der Waals surface area contributed by atoms with Crippen molar-refractivity contribution in [1.82, 2.24) is 34.3 Å². The molecular formula is C38H44Cl2F6N10O6. The molecule has 0 aliphatic carbocycles. The Morgan fingerprint density at radius 1 is 1.15 bits per heavy atom. The van der Waals surface area contributed by atoms with Gasteiger partial charge in [-0.05, 0) is 70.1 Å². The highest BCUT2D eigenvalue weighted by molar-refractivity contribution is 6.34. The van der Waals surface area contributed by atoms with Gasteiger partial charge in [-0.2, -0.15) is 36.9 Å². The lowest BCUT2D eigenvalue weighted by molar-refractivity contribution is -0.141. The number of likely N-dealkylation sites (tertiary alicyclic amines) is 1. The maximum atomic E-state index is 16.5. The average molecular weight is 922 g/mol. The number of benzene rings is 1. The van der Waals surface area contributed by atoms with E-state index in [-0.39, 0.29) is 82.0 Å². The molecule has 6 heterocycles. The van der Waals surface area contributed by atoms with Crippen molar-refractivity contribution in [2.24, 2.45) is 0 Å². The highest BCUT2D eigenvalue weighted by Gasteiger charge is 2.59. The minimum Gasteiger partial charge on any atom is -0.462 e. The molecule has 3 aromatic heterocycles. The number of rotatable bonds is 8. The van der Waals surface area contributed by atoms with Crippen LogP contribution in [0.4, 0.5) is 43.8 Å². The number of anilines is 3. The largest absolute Gasteiger partial charge is 0.462 e. The lowest BCUT2D eigenvalue weighted by Crippen LogP contribution is -2.53. The van der Waals surface area contributed by atoms with E-state index in [9.17, 15) is 36.6 Å². The summed E-state index contributed by atoms with van der Waals surface area (Å²) in [5, 5.41) is 18.0. The number of alkyl halides is 5. The predicted octanol–water partition coefficient (Wildman–Crippen LogP) is 4.22. The normalized spacial score (nSPS) is 22.5. The number of pyridine rings is 1. The van der Waals surface area contributed by atoms with E-state index in [1.54, 1.807) is 4.90 Å². The van der Waals surface area contributed by atoms with Crippen molar-refractivity contribution in [3.05, 3.63) is 69.5 Å². The third-order valence-electron chi connectivity index (χ3n) is 10.7. The van der Waals surface area contributed by atoms with Gasteiger partial charge in [-0.1, -0.05) is 18.2 Å². The van der Waals surface area contributed by atoms with Gasteiger partial charge in [-0.3, -0.25) is 9.36 Å². The Bertz CT molecular complexity index is 2380. The first kappa shape index (κ1) is 48.0. The number of hydrogen-bond acceptors (Lipinski definition) is 14. The van der Waals surface area contributed by atoms with E-state index in [1.165, 1.54) is 19.1 Å². The van der Waals surface area contributed by atoms with Gasteiger partial charge in [0, 0.05) is 43.3 Å². The van der Waals surface area contributed by atoms with Crippen molar-refractivity contribution in [2.75, 3.05) is 62.8 Å². The fraction of sp³-hybridized carbons (Fsp3) is 0.474. The molecule has 62 heavy (non-hydrogen) atoms. The van der Waals surface area contributed by atoms with E-state index in [2.05, 4.69) is 31.4 Å². The van der Waals surface area contributed by atoms with Crippen LogP contribution in [-0.4, -0.2) is 127 Å². The van der Waals surface area contributed by atoms with Gasteiger partial charge >= 0.3 is 23.8 Å². The minimum absolute atomic E-state index is 0. The smallest absolute Gasteiger partial charge is 0.418 e. The summed E-state index contributed by atoms with van der Waals surface area (Å²) in [6.07, 6.45) is -6.40. The van der Waals surface area contributed by atoms with Crippen LogP contribution in [0, 0.1) is 12.7 Å². The van der Waals surface area contributed by atoms with Crippen LogP contribution in [0.1, 0.15) is 37.1 Å². The third-order valence-corrected chi connectivity index (χ3v) is 11.0. The number of carbonyl (C=O) groups excluding carboxylic acids is 1. The van der Waals surface area contributed by atoms with Crippen molar-refractivity contribution < 1.29 is 50.8 Å². The Hall–Kier alpha value is -5.00. The number of hydrogen-bond donors (Lipinski definition) is 4. The van der Waals surface area contributed by atoms with Crippen molar-refractivity contribution >= 4 is 58.3 Å². The number of amides is 1. The van der Waals surface area contributed by atoms with Crippen LogP contribution in [0.25, 0.3) is 22.2 Å². The summed E-state index contributed by atoms with van der Waals surface area (Å²) >= 11 is 6.54. The molecule has 3 aliphatic rings. The second kappa shape index (κ2) is 18.8. The molecular weight excluding hydrogens is 877 g/mol. The number of nitrogens with two attached hydrogens (primary N) is 2. The van der Waals surface area contributed by atoms with Gasteiger partial charge in [-0.15, -0.1) is 12.4 Å². The van der Waals surface area contributed by atoms with Crippen LogP contribution < -0.4 is 26.8 Å². The Kier molecular flexibility index (Phi) is 14.5. The van der Waals surface area contributed by atoms with E-state index >= 15 is 4.39 Å². The van der Waals surface area contributed by atoms with Gasteiger partial charge in [0.25, 0.3) is 0 Å². The molecule has 3 aliphatic heterocycles. The Balaban J connectivity index is 0.000000320. The molecule has 3 saturated heterocycles. The first-order valence-electron chi connectivity index (χ1n) is 18.9. The van der Waals surface area contributed by atoms with Crippen LogP contribution in [0.3, 0.4) is 0 Å². The van der Waals surface area contributed by atoms with Gasteiger partial charge in [0.05, 0.1) is 28.5 Å². The highest BCUT2D eigenvalue weighted by Crippen LogP contribution is 2.45. The zero-order valence-electron chi connectivity index (χ0n) is 33.5. The molecule has 0 bridgehead atoms. The fourth-order valence-electron chi connectivity index (χ4n) is 7.58. The number of nitrogens with zero attached hydrogens (tertiary/aromatic N) is 8. The molecule has 1 aromatic carbocycles. The molecule has 3 fully saturated rings. The first-order valence-corrected chi connectivity index (χ1v) is 19.3. The van der Waals surface area contributed by atoms with Gasteiger partial charge in [-0.25, -0.2) is 14.2 Å². The lowest BCUT2D eigenvalue weighted by Gasteiger charge is -2.40. The van der Waals surface area contributed by atoms with E-state index < -0.39 is 65.5 Å². The topological polar surface area (TPSA) is 211 Å². The van der Waals surface area contributed by atoms with E-state index in [4.69, 9.17) is 37.6 Å². The number of aryl methyl sites for hydroxylation is 1. The third kappa shape index (κ3) is 9.49. The monoisotopic (exact) mass is 920 g/mol. The van der Waals surface area contributed by atoms with Gasteiger partial charge < -0.3 is 45.9 Å². The minimum atomic E-state index is -4.86. The molecule has 0 spiro atoms. The summed E-state index contributed by atoms with van der Waals surface area (Å²) in [5.41, 5.74) is 7.07. The molecule has 7 rings (SSSR count). The molecule has 1 amide bonds. The molecule has 4 aromatic rings. The second-order valence-electron chi connectivity index (χ2n) is 14.8. The summed E-state index contributed by atoms with van der Waals surface area (Å²) in [4.78, 5) is 45.5. The second-order valence-corrected chi connectivity index (χ2v) is 15.3. The van der Waals surface area contributed by atoms with Crippen molar-refractivity contribution in [3.63, 3.8) is 0 Å². The van der Waals surface area contributed by atoms with Crippen LogP contribution in [0.5, 0.6) is 6.01 Å². The van der Waals surface area contributed by atoms with Crippen LogP contribution in [0.2, 0.25) is 5.02 Å². The molecule has 24 heteroatoms. The van der Waals surface area contributed by atoms with Gasteiger partial charge in [0.1, 0.15) is 35.7 Å². The number of aliphatic hydroxyl groups is 2. The Morgan fingerprint density at radius 3 is 2.44 bits per heavy atom. The number of nitrogen functional groups attached to an aromatic ring is 2. The number of piperazine rings is 1. The lowest BCUT2D eigenvalue weighted by atomic mass is 9.99. The molecule has 6 N–H and O–H groups in total. The summed E-state index contributed by atoms with van der Waals surface area (Å²) in [6, 6.07) is 3.28. The molecule has 5 atom stereocenters. The van der Waals surface area contributed by atoms with Crippen LogP contribution in [0.15, 0.2) is 41.8 Å². The van der Waals surface area contributed by atoms with Crippen LogP contribution in [-0.2, 0) is 15.7 Å². The SMILES string of the molecule is C=CC(=O)N1CCN(c2nc(OCC3CCCN3C)nc3c(F)c(-c4nc(N)cc(C)c4C(F)(F)F)c(Cl)cc23)C(C)C1.Cl.Nc1ccn(C2OC(CO)C(O)C2(F)F)c(=O)n1. The highest BCUT2D eigenvalue weighted by atomic mass is 35.5. The average Bonchev–Trinajstić information content (AvgIpc) is 3.70. The van der Waals surface area contributed by atoms with Crippen molar-refractivity contribution in [2.45, 2.75) is 69.3 Å². The van der Waals surface area contributed by atoms with Crippen molar-refractivity contribution in [3.8, 4) is 17.3 Å². The van der Waals surface area contributed by atoms with Crippen molar-refractivity contribution in [1.29, 1.82) is 0 Å². The standard InChI is InChI=1S/C29H32ClF4N7O2.C9H11F2N3O4.ClH/c1-5-21(42)40-9-10-41(16(3)13-40)27-18-12-19(30)22(26-23(29(32,33)34)15(2)11-20(35)36-26)24(31)25(18)37-28(38-27)43-14-17-7-6-8-39(17)4;10-9(11)6(16)4(3-15)18-7(9)14-2-1-5(12)13-8(14)17;/h5,11-12,16-17H,1,6-10,13-14H2,2-4H3,(H2,35,36);1-2,4,6-7,15-16H,3H2,(H2,12,13,17);1H. The fourth-order valence-corrected chi connectivity index (χ4v) is 7.86. The number of aliphatic hydroxyl groups excluding tert-OH is 2. The Labute approximate surface area is 361 Å². The van der Waals surface area contributed by atoms with E-state index in [0.29, 0.717) is 24.2 Å². The predicted molar refractivity (Wildman–Crippen MR) is 219 cm³/mol. The molecule has 5 unspecified atom stereocenters. The molecule has 0 saturated carbocycles. The van der Waals surface area contributed by atoms with E-state index in [1.807, 2.05) is 18.9 Å². The number of aromatic nitrogens is 5. The Morgan fingerprint density at radius 2 is 1.85 bits per heavy atom. The van der Waals surface area contributed by atoms with Crippen LogP contribution >= 0.6 is 24.0 Å². The summed E-state index contributed by atoms with van der Waals surface area (Å²) in [6.45, 7) is 8.05.